The van der Waals surface area contributed by atoms with Crippen LogP contribution in [0.25, 0.3) is 11.0 Å². The first-order chi connectivity index (χ1) is 70.7. The Bertz CT molecular complexity index is 7580. The summed E-state index contributed by atoms with van der Waals surface area (Å²) in [5.74, 6) is -1.18. The maximum Gasteiger partial charge on any atom is 0.414 e. The molecule has 21 rings (SSSR count). The van der Waals surface area contributed by atoms with Crippen LogP contribution in [0.2, 0.25) is 20.1 Å². The van der Waals surface area contributed by atoms with Crippen LogP contribution in [-0.2, 0) is 117 Å². The number of carbonyl (C=O) groups is 6. The molecule has 0 radical (unpaired) electrons. The zero-order chi connectivity index (χ0) is 105. The lowest BCUT2D eigenvalue weighted by atomic mass is 10.0. The zero-order valence-electron chi connectivity index (χ0n) is 80.8. The van der Waals surface area contributed by atoms with Crippen LogP contribution in [0.1, 0.15) is 125 Å². The number of hydrogen-bond acceptors (Lipinski definition) is 24. The lowest BCUT2D eigenvalue weighted by Gasteiger charge is -2.40. The number of sulfonamides is 5. The molecule has 5 amide bonds. The Morgan fingerprint density at radius 3 is 1.05 bits per heavy atom. The number of amides is 5. The van der Waals surface area contributed by atoms with Gasteiger partial charge in [0.2, 0.25) is 50.1 Å². The molecule has 780 valence electrons. The van der Waals surface area contributed by atoms with E-state index in [0.717, 1.165) is 90.6 Å². The second-order valence-electron chi connectivity index (χ2n) is 37.0. The molecule has 34 nitrogen and oxygen atoms in total. The third-order valence-electron chi connectivity index (χ3n) is 27.4. The minimum Gasteiger partial charge on any atom is -0.465 e. The van der Waals surface area contributed by atoms with Crippen molar-refractivity contribution in [3.63, 3.8) is 0 Å². The van der Waals surface area contributed by atoms with Gasteiger partial charge in [-0.2, -0.15) is 17.2 Å². The molecule has 44 heteroatoms. The molecular weight excluding hydrogens is 2090 g/mol. The molecular formula is C104H105Cl4FN10O24S5. The molecule has 0 bridgehead atoms. The van der Waals surface area contributed by atoms with Crippen LogP contribution in [0.3, 0.4) is 0 Å². The summed E-state index contributed by atoms with van der Waals surface area (Å²) < 4.78 is 186. The summed E-state index contributed by atoms with van der Waals surface area (Å²) >= 11 is 24.0. The maximum absolute atomic E-state index is 13.2. The van der Waals surface area contributed by atoms with Crippen molar-refractivity contribution >= 4 is 172 Å². The lowest BCUT2D eigenvalue weighted by molar-refractivity contribution is 0.0595. The first-order valence-corrected chi connectivity index (χ1v) is 56.7. The number of benzene rings is 10. The van der Waals surface area contributed by atoms with E-state index >= 15 is 0 Å². The van der Waals surface area contributed by atoms with E-state index in [1.165, 1.54) is 91.1 Å². The Kier molecular flexibility index (Phi) is 32.8. The molecule has 0 atom stereocenters. The highest BCUT2D eigenvalue weighted by atomic mass is 35.5. The summed E-state index contributed by atoms with van der Waals surface area (Å²) in [5.41, 5.74) is 12.6. The van der Waals surface area contributed by atoms with Gasteiger partial charge in [-0.15, -0.1) is 0 Å². The number of methoxy groups -OCH3 is 1. The van der Waals surface area contributed by atoms with E-state index in [1.54, 1.807) is 83.4 Å². The topological polar surface area (TPSA) is 391 Å². The zero-order valence-corrected chi connectivity index (χ0v) is 87.9. The summed E-state index contributed by atoms with van der Waals surface area (Å²) in [6, 6.07) is 59.2. The molecule has 5 saturated heterocycles. The molecule has 0 saturated carbocycles. The first kappa shape index (κ1) is 107. The Morgan fingerprint density at radius 2 is 0.669 bits per heavy atom. The average Bonchev–Trinajstić information content (AvgIpc) is 0.772. The van der Waals surface area contributed by atoms with Gasteiger partial charge in [-0.3, -0.25) is 24.5 Å². The summed E-state index contributed by atoms with van der Waals surface area (Å²) in [4.78, 5) is 94.1. The van der Waals surface area contributed by atoms with Crippen LogP contribution in [0, 0.1) is 26.6 Å². The molecule has 10 aliphatic rings. The molecule has 11 aromatic rings. The lowest BCUT2D eigenvalue weighted by Crippen LogP contribution is -2.50. The Balaban J connectivity index is 0.000000126. The van der Waals surface area contributed by atoms with Crippen LogP contribution in [-0.4, -0.2) is 203 Å². The number of cyclic esters (lactones) is 5. The normalized spacial score (nSPS) is 18.2. The summed E-state index contributed by atoms with van der Waals surface area (Å²) in [5, 5.41) is 2.21. The van der Waals surface area contributed by atoms with Crippen LogP contribution >= 0.6 is 46.4 Å². The molecule has 5 fully saturated rings. The average molecular weight is 2200 g/mol. The highest BCUT2D eigenvalue weighted by Crippen LogP contribution is 2.43. The van der Waals surface area contributed by atoms with Gasteiger partial charge in [0.05, 0.1) is 66.4 Å². The minimum atomic E-state index is -3.88. The molecule has 11 heterocycles. The van der Waals surface area contributed by atoms with E-state index in [9.17, 15) is 80.0 Å². The van der Waals surface area contributed by atoms with Crippen molar-refractivity contribution in [1.29, 1.82) is 0 Å². The van der Waals surface area contributed by atoms with Crippen LogP contribution in [0.5, 0.6) is 0 Å². The molecule has 0 spiro atoms. The van der Waals surface area contributed by atoms with Gasteiger partial charge in [0.15, 0.2) is 0 Å². The molecule has 148 heavy (non-hydrogen) atoms. The highest BCUT2D eigenvalue weighted by molar-refractivity contribution is 7.90. The second-order valence-corrected chi connectivity index (χ2v) is 48.4. The summed E-state index contributed by atoms with van der Waals surface area (Å²) in [6.07, 6.45) is 3.00. The third kappa shape index (κ3) is 23.7. The van der Waals surface area contributed by atoms with Gasteiger partial charge in [0.25, 0.3) is 0 Å². The molecule has 1 aromatic heterocycles. The van der Waals surface area contributed by atoms with E-state index in [0.29, 0.717) is 111 Å². The highest BCUT2D eigenvalue weighted by Gasteiger charge is 2.45. The number of aryl methyl sites for hydroxylation is 3. The van der Waals surface area contributed by atoms with Crippen LogP contribution < -0.4 is 30.1 Å². The Morgan fingerprint density at radius 1 is 0.338 bits per heavy atom. The predicted molar refractivity (Wildman–Crippen MR) is 554 cm³/mol. The van der Waals surface area contributed by atoms with Crippen molar-refractivity contribution in [2.24, 2.45) is 0 Å². The van der Waals surface area contributed by atoms with Crippen molar-refractivity contribution in [2.45, 2.75) is 174 Å². The van der Waals surface area contributed by atoms with E-state index in [2.05, 4.69) is 0 Å². The molecule has 0 N–H and O–H groups in total. The van der Waals surface area contributed by atoms with Gasteiger partial charge in [-0.05, 0) is 224 Å². The molecule has 10 aliphatic heterocycles. The number of ether oxygens (including phenoxy) is 6. The fourth-order valence-corrected chi connectivity index (χ4v) is 28.7. The maximum atomic E-state index is 13.2. The number of anilines is 5. The smallest absolute Gasteiger partial charge is 0.414 e. The molecule has 0 unspecified atom stereocenters. The number of carbonyl (C=O) groups excluding carboxylic acids is 6. The minimum absolute atomic E-state index is 0.00632. The second kappa shape index (κ2) is 45.3. The van der Waals surface area contributed by atoms with E-state index < -0.39 is 91.9 Å². The van der Waals surface area contributed by atoms with Gasteiger partial charge in [-0.1, -0.05) is 142 Å². The monoisotopic (exact) mass is 2200 g/mol. The standard InChI is InChI=1S/C23H22N2O6S.C22H24N2O6S.C21H24N2O4S.C19H17Cl3N2O4S.C19H18ClFN2O4S/c1-15-2-5-20-17(12-15)14-30-23(27)25(20)18-8-10-24(11-9-18)32(28,29)19-4-6-21-16(13-19)3-7-22(26)31-21;1-15-7-8-19-16(13-15)14-30-22(26)24(19)17-9-11-23(12-10-17)31(27,28)20-6-4-3-5-18(20)21(25)29-2;1-16-7-8-20-18(13-16)14-27-21(24)23(20)19-9-11-22(12-10-19)28(25,26)15-17-5-3-2-4-6-17;20-13-1-2-18-12(7-13)11-28-19(25)24(18)16-3-5-23(6-4-16)29(26,27)17-9-14(21)8-15(22)10-17;20-14-1-6-18-13(11-14)12-27-19(24)23(18)16-7-9-22(10-8-16)28(25,26)17-4-2-15(21)3-5-17/h2-7,12-13,18H,8-11,14H2,1H3;3-8,13,17H,9-12,14H2,1-2H3;2-8,13,19H,9-12,14-15H2,1H3;1-2,7-10,16H,3-6,11H2;1-6,11,16H,7-10,12H2. The van der Waals surface area contributed by atoms with Gasteiger partial charge < -0.3 is 32.8 Å². The van der Waals surface area contributed by atoms with Crippen LogP contribution in [0.15, 0.2) is 247 Å². The van der Waals surface area contributed by atoms with E-state index in [-0.39, 0.29) is 150 Å². The van der Waals surface area contributed by atoms with Gasteiger partial charge in [0.1, 0.15) is 44.4 Å². The number of esters is 1. The first-order valence-electron chi connectivity index (χ1n) is 47.8. The number of rotatable bonds is 17. The summed E-state index contributed by atoms with van der Waals surface area (Å²) in [7, 11) is -17.2. The third-order valence-corrected chi connectivity index (χ3v) is 37.8. The fraction of sp³-hybridized carbons (Fsp3) is 0.337. The quantitative estimate of drug-likeness (QED) is 0.0464. The van der Waals surface area contributed by atoms with Crippen LogP contribution in [0.4, 0.5) is 56.8 Å². The van der Waals surface area contributed by atoms with E-state index in [4.69, 9.17) is 79.2 Å². The van der Waals surface area contributed by atoms with Crippen molar-refractivity contribution in [1.82, 2.24) is 21.5 Å². The van der Waals surface area contributed by atoms with Crippen molar-refractivity contribution < 1.29 is 108 Å². The van der Waals surface area contributed by atoms with E-state index in [1.807, 2.05) is 106 Å². The number of piperidine rings is 5. The van der Waals surface area contributed by atoms with Crippen molar-refractivity contribution in [3.8, 4) is 0 Å². The van der Waals surface area contributed by atoms with Crippen molar-refractivity contribution in [2.75, 3.05) is 97.1 Å². The van der Waals surface area contributed by atoms with Gasteiger partial charge in [0, 0.05) is 155 Å². The van der Waals surface area contributed by atoms with Gasteiger partial charge >= 0.3 is 42.1 Å². The SMILES string of the molecule is COC(=O)c1ccccc1S(=O)(=O)N1CCC(N2C(=O)OCc3cc(C)ccc32)CC1.Cc1ccc2c(c1)COC(=O)N2C1CCN(S(=O)(=O)Cc2ccccc2)CC1.Cc1ccc2c(c1)COC(=O)N2C1CCN(S(=O)(=O)c2ccc3oc(=O)ccc3c2)CC1.O=C1OCc2cc(Cl)ccc2N1C1CCN(S(=O)(=O)c2cc(Cl)cc(Cl)c2)CC1.O=C1OCc2cc(Cl)ccc2N1C1CCN(S(=O)(=O)c2ccc(F)cc2)CC1. The Labute approximate surface area is 876 Å². The van der Waals surface area contributed by atoms with Crippen molar-refractivity contribution in [3.05, 3.63) is 310 Å². The molecule has 10 aromatic carbocycles. The fourth-order valence-electron chi connectivity index (χ4n) is 19.9. The number of fused-ring (bicyclic) bond motifs is 6. The number of hydrogen-bond donors (Lipinski definition) is 0. The van der Waals surface area contributed by atoms with Gasteiger partial charge in [-0.25, -0.2) is 84.3 Å². The number of nitrogens with zero attached hydrogens (tertiary/aromatic N) is 10. The number of halogens is 5. The molecule has 0 aliphatic carbocycles. The largest absolute Gasteiger partial charge is 0.465 e. The Hall–Kier alpha value is -12.1. The summed E-state index contributed by atoms with van der Waals surface area (Å²) in [6.45, 7) is 10.0. The predicted octanol–water partition coefficient (Wildman–Crippen LogP) is 18.7.